The number of rotatable bonds is 6. The molecule has 1 aromatic heterocycles. The van der Waals surface area contributed by atoms with Crippen molar-refractivity contribution in [2.45, 2.75) is 13.3 Å². The third-order valence-electron chi connectivity index (χ3n) is 1.54. The molecule has 0 saturated heterocycles. The molecule has 15 heavy (non-hydrogen) atoms. The minimum absolute atomic E-state index is 0.0616. The second-order valence-electron chi connectivity index (χ2n) is 2.71. The van der Waals surface area contributed by atoms with Crippen LogP contribution in [0.25, 0.3) is 0 Å². The van der Waals surface area contributed by atoms with Gasteiger partial charge < -0.3 is 19.6 Å². The molecule has 0 aliphatic carbocycles. The first-order chi connectivity index (χ1) is 7.27. The number of oxazole rings is 1. The van der Waals surface area contributed by atoms with Crippen molar-refractivity contribution in [3.8, 4) is 6.08 Å². The number of aromatic nitrogens is 1. The SMILES string of the molecule is CCOC(=O)c1coc(OCCCN)n1. The Morgan fingerprint density at radius 2 is 2.47 bits per heavy atom. The van der Waals surface area contributed by atoms with E-state index in [1.165, 1.54) is 6.26 Å². The smallest absolute Gasteiger partial charge is 0.394 e. The average molecular weight is 214 g/mol. The van der Waals surface area contributed by atoms with E-state index in [-0.39, 0.29) is 11.8 Å². The molecule has 0 bridgehead atoms. The molecule has 1 heterocycles. The van der Waals surface area contributed by atoms with Gasteiger partial charge in [-0.3, -0.25) is 0 Å². The van der Waals surface area contributed by atoms with Gasteiger partial charge in [0, 0.05) is 0 Å². The van der Waals surface area contributed by atoms with E-state index < -0.39 is 5.97 Å². The van der Waals surface area contributed by atoms with Gasteiger partial charge in [0.1, 0.15) is 6.26 Å². The molecule has 2 N–H and O–H groups in total. The van der Waals surface area contributed by atoms with Crippen LogP contribution in [0.2, 0.25) is 0 Å². The highest BCUT2D eigenvalue weighted by molar-refractivity contribution is 5.86. The van der Waals surface area contributed by atoms with Gasteiger partial charge in [-0.15, -0.1) is 0 Å². The van der Waals surface area contributed by atoms with Gasteiger partial charge in [0.15, 0.2) is 5.69 Å². The lowest BCUT2D eigenvalue weighted by molar-refractivity contribution is 0.0519. The number of hydrogen-bond donors (Lipinski definition) is 1. The van der Waals surface area contributed by atoms with Crippen LogP contribution in [-0.4, -0.2) is 30.7 Å². The van der Waals surface area contributed by atoms with Gasteiger partial charge in [0.25, 0.3) is 0 Å². The number of nitrogens with zero attached hydrogens (tertiary/aromatic N) is 1. The molecule has 0 saturated carbocycles. The van der Waals surface area contributed by atoms with Crippen LogP contribution in [-0.2, 0) is 4.74 Å². The number of ether oxygens (including phenoxy) is 2. The summed E-state index contributed by atoms with van der Waals surface area (Å²) in [7, 11) is 0. The van der Waals surface area contributed by atoms with Crippen molar-refractivity contribution in [2.24, 2.45) is 5.73 Å². The van der Waals surface area contributed by atoms with Gasteiger partial charge in [0.05, 0.1) is 13.2 Å². The largest absolute Gasteiger partial charge is 0.461 e. The summed E-state index contributed by atoms with van der Waals surface area (Å²) >= 11 is 0. The molecule has 6 heteroatoms. The summed E-state index contributed by atoms with van der Waals surface area (Å²) in [5.41, 5.74) is 5.39. The normalized spacial score (nSPS) is 10.0. The third kappa shape index (κ3) is 3.59. The molecule has 0 amide bonds. The molecule has 84 valence electrons. The average Bonchev–Trinajstić information content (AvgIpc) is 2.67. The fraction of sp³-hybridized carbons (Fsp3) is 0.556. The Bertz CT molecular complexity index is 311. The quantitative estimate of drug-likeness (QED) is 0.550. The van der Waals surface area contributed by atoms with Crippen LogP contribution >= 0.6 is 0 Å². The zero-order valence-corrected chi connectivity index (χ0v) is 8.56. The number of esters is 1. The van der Waals surface area contributed by atoms with E-state index in [0.717, 1.165) is 0 Å². The first-order valence-corrected chi connectivity index (χ1v) is 4.73. The Morgan fingerprint density at radius 3 is 3.13 bits per heavy atom. The van der Waals surface area contributed by atoms with Crippen LogP contribution in [0.4, 0.5) is 0 Å². The summed E-state index contributed by atoms with van der Waals surface area (Å²) in [5, 5.41) is 0. The van der Waals surface area contributed by atoms with Crippen LogP contribution in [0, 0.1) is 0 Å². The number of carbonyl (C=O) groups excluding carboxylic acids is 1. The zero-order chi connectivity index (χ0) is 11.1. The zero-order valence-electron chi connectivity index (χ0n) is 8.56. The minimum atomic E-state index is -0.519. The van der Waals surface area contributed by atoms with Crippen LogP contribution in [0.1, 0.15) is 23.8 Å². The predicted molar refractivity (Wildman–Crippen MR) is 51.6 cm³/mol. The summed E-state index contributed by atoms with van der Waals surface area (Å²) in [6, 6.07) is 0. The van der Waals surface area contributed by atoms with E-state index in [9.17, 15) is 4.79 Å². The lowest BCUT2D eigenvalue weighted by atomic mass is 10.5. The molecule has 6 nitrogen and oxygen atoms in total. The topological polar surface area (TPSA) is 87.6 Å². The Hall–Kier alpha value is -1.56. The first-order valence-electron chi connectivity index (χ1n) is 4.73. The second kappa shape index (κ2) is 6.02. The summed E-state index contributed by atoms with van der Waals surface area (Å²) in [5.74, 6) is -0.519. The lowest BCUT2D eigenvalue weighted by Gasteiger charge is -1.97. The molecule has 0 aliphatic heterocycles. The van der Waals surface area contributed by atoms with Gasteiger partial charge in [-0.05, 0) is 19.9 Å². The Morgan fingerprint density at radius 1 is 1.67 bits per heavy atom. The van der Waals surface area contributed by atoms with Crippen molar-refractivity contribution in [3.63, 3.8) is 0 Å². The monoisotopic (exact) mass is 214 g/mol. The van der Waals surface area contributed by atoms with Crippen molar-refractivity contribution in [3.05, 3.63) is 12.0 Å². The highest BCUT2D eigenvalue weighted by Crippen LogP contribution is 2.11. The van der Waals surface area contributed by atoms with E-state index in [0.29, 0.717) is 26.2 Å². The molecule has 0 radical (unpaired) electrons. The molecule has 0 fully saturated rings. The highest BCUT2D eigenvalue weighted by atomic mass is 16.6. The van der Waals surface area contributed by atoms with Gasteiger partial charge in [-0.2, -0.15) is 4.98 Å². The van der Waals surface area contributed by atoms with Crippen LogP contribution < -0.4 is 10.5 Å². The van der Waals surface area contributed by atoms with Gasteiger partial charge >= 0.3 is 12.0 Å². The maximum atomic E-state index is 11.2. The van der Waals surface area contributed by atoms with Crippen molar-refractivity contribution in [1.82, 2.24) is 4.98 Å². The lowest BCUT2D eigenvalue weighted by Crippen LogP contribution is -2.07. The molecule has 1 aromatic rings. The standard InChI is InChI=1S/C9H14N2O4/c1-2-13-8(12)7-6-15-9(11-7)14-5-3-4-10/h6H,2-5,10H2,1H3. The molecule has 0 atom stereocenters. The van der Waals surface area contributed by atoms with E-state index in [1.807, 2.05) is 0 Å². The number of nitrogens with two attached hydrogens (primary N) is 1. The molecular weight excluding hydrogens is 200 g/mol. The Kier molecular flexibility index (Phi) is 4.62. The fourth-order valence-electron chi connectivity index (χ4n) is 0.865. The first kappa shape index (κ1) is 11.5. The summed E-state index contributed by atoms with van der Waals surface area (Å²) < 4.78 is 14.7. The third-order valence-corrected chi connectivity index (χ3v) is 1.54. The number of carbonyl (C=O) groups is 1. The molecule has 0 unspecified atom stereocenters. The molecule has 1 rings (SSSR count). The van der Waals surface area contributed by atoms with Gasteiger partial charge in [-0.25, -0.2) is 4.79 Å². The minimum Gasteiger partial charge on any atom is -0.461 e. The van der Waals surface area contributed by atoms with E-state index in [1.54, 1.807) is 6.92 Å². The van der Waals surface area contributed by atoms with Crippen LogP contribution in [0.15, 0.2) is 10.7 Å². The van der Waals surface area contributed by atoms with Gasteiger partial charge in [0.2, 0.25) is 0 Å². The number of hydrogen-bond acceptors (Lipinski definition) is 6. The van der Waals surface area contributed by atoms with E-state index >= 15 is 0 Å². The van der Waals surface area contributed by atoms with Gasteiger partial charge in [-0.1, -0.05) is 0 Å². The Labute approximate surface area is 87.4 Å². The fourth-order valence-corrected chi connectivity index (χ4v) is 0.865. The summed E-state index contributed by atoms with van der Waals surface area (Å²) in [6.45, 7) is 2.97. The van der Waals surface area contributed by atoms with E-state index in [4.69, 9.17) is 19.6 Å². The molecular formula is C9H14N2O4. The Balaban J connectivity index is 2.45. The predicted octanol–water partition coefficient (Wildman–Crippen LogP) is 0.579. The van der Waals surface area contributed by atoms with Crippen molar-refractivity contribution in [1.29, 1.82) is 0 Å². The van der Waals surface area contributed by atoms with Crippen molar-refractivity contribution >= 4 is 5.97 Å². The highest BCUT2D eigenvalue weighted by Gasteiger charge is 2.13. The summed E-state index contributed by atoms with van der Waals surface area (Å²) in [6.07, 6.45) is 1.97. The maximum absolute atomic E-state index is 11.2. The van der Waals surface area contributed by atoms with Crippen LogP contribution in [0.3, 0.4) is 0 Å². The van der Waals surface area contributed by atoms with E-state index in [2.05, 4.69) is 4.98 Å². The van der Waals surface area contributed by atoms with Crippen molar-refractivity contribution < 1.29 is 18.7 Å². The second-order valence-corrected chi connectivity index (χ2v) is 2.71. The molecule has 0 spiro atoms. The molecule has 0 aromatic carbocycles. The van der Waals surface area contributed by atoms with Crippen molar-refractivity contribution in [2.75, 3.05) is 19.8 Å². The molecule has 0 aliphatic rings. The summed E-state index contributed by atoms with van der Waals surface area (Å²) in [4.78, 5) is 15.0. The maximum Gasteiger partial charge on any atom is 0.394 e. The van der Waals surface area contributed by atoms with Crippen LogP contribution in [0.5, 0.6) is 6.08 Å².